The molecule has 0 spiro atoms. The molecule has 2 aromatic rings. The first kappa shape index (κ1) is 22.7. The predicted octanol–water partition coefficient (Wildman–Crippen LogP) is 3.59. The molecule has 0 aliphatic heterocycles. The highest BCUT2D eigenvalue weighted by Crippen LogP contribution is 2.32. The average Bonchev–Trinajstić information content (AvgIpc) is 2.65. The summed E-state index contributed by atoms with van der Waals surface area (Å²) in [5.74, 6) is -0.149. The van der Waals surface area contributed by atoms with Gasteiger partial charge in [-0.1, -0.05) is 34.8 Å². The second-order valence-corrected chi connectivity index (χ2v) is 8.43. The van der Waals surface area contributed by atoms with Crippen LogP contribution in [0.4, 0.5) is 5.69 Å². The van der Waals surface area contributed by atoms with Gasteiger partial charge in [-0.05, 0) is 36.4 Å². The van der Waals surface area contributed by atoms with Crippen LogP contribution in [0.5, 0.6) is 5.75 Å². The summed E-state index contributed by atoms with van der Waals surface area (Å²) in [6.45, 7) is 0.113. The molecule has 2 rings (SSSR count). The minimum absolute atomic E-state index is 0.0722. The van der Waals surface area contributed by atoms with Crippen molar-refractivity contribution in [1.29, 1.82) is 0 Å². The standard InChI is InChI=1S/C17H17Cl3N2O5S/c1-26-7-6-21-28(24,25)12-4-2-11(3-5-12)27-10-17(23)22-16-9-14(19)13(18)8-15(16)20/h2-5,8-9,21H,6-7,10H2,1H3,(H,22,23). The average molecular weight is 468 g/mol. The molecule has 152 valence electrons. The van der Waals surface area contributed by atoms with Gasteiger partial charge in [-0.25, -0.2) is 13.1 Å². The van der Waals surface area contributed by atoms with Gasteiger partial charge in [-0.3, -0.25) is 4.79 Å². The van der Waals surface area contributed by atoms with Crippen molar-refractivity contribution >= 4 is 56.4 Å². The number of rotatable bonds is 9. The van der Waals surface area contributed by atoms with Crippen molar-refractivity contribution in [1.82, 2.24) is 4.72 Å². The van der Waals surface area contributed by atoms with E-state index in [1.807, 2.05) is 0 Å². The Morgan fingerprint density at radius 3 is 2.32 bits per heavy atom. The largest absolute Gasteiger partial charge is 0.484 e. The van der Waals surface area contributed by atoms with Gasteiger partial charge in [0.15, 0.2) is 6.61 Å². The lowest BCUT2D eigenvalue weighted by Crippen LogP contribution is -2.27. The summed E-state index contributed by atoms with van der Waals surface area (Å²) >= 11 is 17.7. The van der Waals surface area contributed by atoms with Crippen LogP contribution in [0.25, 0.3) is 0 Å². The van der Waals surface area contributed by atoms with Gasteiger partial charge in [0.1, 0.15) is 5.75 Å². The number of hydrogen-bond donors (Lipinski definition) is 2. The predicted molar refractivity (Wildman–Crippen MR) is 109 cm³/mol. The van der Waals surface area contributed by atoms with Crippen molar-refractivity contribution in [3.8, 4) is 5.75 Å². The SMILES string of the molecule is COCCNS(=O)(=O)c1ccc(OCC(=O)Nc2cc(Cl)c(Cl)cc2Cl)cc1. The van der Waals surface area contributed by atoms with Gasteiger partial charge in [-0.2, -0.15) is 0 Å². The van der Waals surface area contributed by atoms with Gasteiger partial charge in [-0.15, -0.1) is 0 Å². The van der Waals surface area contributed by atoms with Crippen LogP contribution in [0.2, 0.25) is 15.1 Å². The quantitative estimate of drug-likeness (QED) is 0.434. The maximum Gasteiger partial charge on any atom is 0.262 e. The van der Waals surface area contributed by atoms with E-state index in [9.17, 15) is 13.2 Å². The summed E-state index contributed by atoms with van der Waals surface area (Å²) in [6, 6.07) is 8.49. The van der Waals surface area contributed by atoms with Crippen LogP contribution in [0.3, 0.4) is 0 Å². The molecule has 0 aliphatic carbocycles. The summed E-state index contributed by atoms with van der Waals surface area (Å²) in [4.78, 5) is 12.1. The first-order valence-corrected chi connectivity index (χ1v) is 10.5. The van der Waals surface area contributed by atoms with E-state index >= 15 is 0 Å². The topological polar surface area (TPSA) is 93.7 Å². The maximum absolute atomic E-state index is 12.1. The number of sulfonamides is 1. The molecule has 7 nitrogen and oxygen atoms in total. The van der Waals surface area contributed by atoms with Crippen LogP contribution >= 0.6 is 34.8 Å². The Morgan fingerprint density at radius 2 is 1.68 bits per heavy atom. The second-order valence-electron chi connectivity index (χ2n) is 5.44. The fraction of sp³-hybridized carbons (Fsp3) is 0.235. The van der Waals surface area contributed by atoms with Gasteiger partial charge >= 0.3 is 0 Å². The molecular weight excluding hydrogens is 451 g/mol. The summed E-state index contributed by atoms with van der Waals surface area (Å²) < 4.78 is 36.7. The monoisotopic (exact) mass is 466 g/mol. The molecule has 1 amide bonds. The molecule has 0 aromatic heterocycles. The summed E-state index contributed by atoms with van der Waals surface area (Å²) in [5, 5.41) is 3.31. The molecule has 2 aromatic carbocycles. The van der Waals surface area contributed by atoms with Gasteiger partial charge in [0.2, 0.25) is 10.0 Å². The highest BCUT2D eigenvalue weighted by Gasteiger charge is 2.14. The van der Waals surface area contributed by atoms with E-state index in [2.05, 4.69) is 10.0 Å². The first-order valence-electron chi connectivity index (χ1n) is 7.89. The molecule has 0 atom stereocenters. The smallest absolute Gasteiger partial charge is 0.262 e. The molecule has 0 saturated heterocycles. The maximum atomic E-state index is 12.1. The van der Waals surface area contributed by atoms with E-state index in [1.165, 1.54) is 43.5 Å². The fourth-order valence-corrected chi connectivity index (χ4v) is 3.64. The molecule has 0 saturated carbocycles. The Bertz CT molecular complexity index is 937. The normalized spacial score (nSPS) is 11.3. The Kier molecular flexibility index (Phi) is 8.36. The molecule has 11 heteroatoms. The van der Waals surface area contributed by atoms with E-state index in [-0.39, 0.29) is 39.7 Å². The summed E-state index contributed by atoms with van der Waals surface area (Å²) in [6.07, 6.45) is 0. The van der Waals surface area contributed by atoms with Crippen LogP contribution in [0, 0.1) is 0 Å². The van der Waals surface area contributed by atoms with Crippen LogP contribution < -0.4 is 14.8 Å². The van der Waals surface area contributed by atoms with Crippen molar-refractivity contribution in [2.75, 3.05) is 32.2 Å². The zero-order chi connectivity index (χ0) is 20.7. The first-order chi connectivity index (χ1) is 13.2. The molecule has 0 fully saturated rings. The van der Waals surface area contributed by atoms with Gasteiger partial charge < -0.3 is 14.8 Å². The zero-order valence-electron chi connectivity index (χ0n) is 14.7. The van der Waals surface area contributed by atoms with Crippen LogP contribution in [0.15, 0.2) is 41.3 Å². The fourth-order valence-electron chi connectivity index (χ4n) is 2.03. The Balaban J connectivity index is 1.92. The number of hydrogen-bond acceptors (Lipinski definition) is 5. The molecule has 0 radical (unpaired) electrons. The molecule has 0 aliphatic rings. The second kappa shape index (κ2) is 10.3. The number of carbonyl (C=O) groups excluding carboxylic acids is 1. The van der Waals surface area contributed by atoms with E-state index in [1.54, 1.807) is 0 Å². The highest BCUT2D eigenvalue weighted by atomic mass is 35.5. The van der Waals surface area contributed by atoms with Crippen LogP contribution in [-0.2, 0) is 19.6 Å². The molecule has 0 unspecified atom stereocenters. The number of anilines is 1. The Labute approximate surface area is 177 Å². The van der Waals surface area contributed by atoms with E-state index in [0.717, 1.165) is 0 Å². The third-order valence-electron chi connectivity index (χ3n) is 3.39. The Morgan fingerprint density at radius 1 is 1.04 bits per heavy atom. The van der Waals surface area contributed by atoms with Gasteiger partial charge in [0, 0.05) is 13.7 Å². The number of ether oxygens (including phenoxy) is 2. The Hall–Kier alpha value is -1.55. The number of halogens is 3. The number of benzene rings is 2. The number of amides is 1. The lowest BCUT2D eigenvalue weighted by atomic mass is 10.3. The molecule has 2 N–H and O–H groups in total. The number of carbonyl (C=O) groups is 1. The van der Waals surface area contributed by atoms with Crippen molar-refractivity contribution in [2.24, 2.45) is 0 Å². The van der Waals surface area contributed by atoms with Crippen molar-refractivity contribution in [3.63, 3.8) is 0 Å². The lowest BCUT2D eigenvalue weighted by Gasteiger charge is -2.10. The lowest BCUT2D eigenvalue weighted by molar-refractivity contribution is -0.118. The summed E-state index contributed by atoms with van der Waals surface area (Å²) in [7, 11) is -2.16. The van der Waals surface area contributed by atoms with E-state index < -0.39 is 15.9 Å². The van der Waals surface area contributed by atoms with Gasteiger partial charge in [0.25, 0.3) is 5.91 Å². The third kappa shape index (κ3) is 6.51. The van der Waals surface area contributed by atoms with E-state index in [4.69, 9.17) is 44.3 Å². The number of methoxy groups -OCH3 is 1. The van der Waals surface area contributed by atoms with Crippen molar-refractivity contribution < 1.29 is 22.7 Å². The van der Waals surface area contributed by atoms with Crippen molar-refractivity contribution in [3.05, 3.63) is 51.5 Å². The summed E-state index contributed by atoms with van der Waals surface area (Å²) in [5.41, 5.74) is 0.299. The molecule has 28 heavy (non-hydrogen) atoms. The highest BCUT2D eigenvalue weighted by molar-refractivity contribution is 7.89. The molecular formula is C17H17Cl3N2O5S. The molecule has 0 bridgehead atoms. The minimum Gasteiger partial charge on any atom is -0.484 e. The minimum atomic E-state index is -3.64. The molecule has 0 heterocycles. The van der Waals surface area contributed by atoms with Crippen molar-refractivity contribution in [2.45, 2.75) is 4.90 Å². The van der Waals surface area contributed by atoms with Crippen LogP contribution in [-0.4, -0.2) is 41.2 Å². The zero-order valence-corrected chi connectivity index (χ0v) is 17.8. The van der Waals surface area contributed by atoms with Crippen LogP contribution in [0.1, 0.15) is 0 Å². The number of nitrogens with one attached hydrogen (secondary N) is 2. The van der Waals surface area contributed by atoms with E-state index in [0.29, 0.717) is 11.4 Å². The van der Waals surface area contributed by atoms with Gasteiger partial charge in [0.05, 0.1) is 32.3 Å². The third-order valence-corrected chi connectivity index (χ3v) is 5.90.